The van der Waals surface area contributed by atoms with Crippen LogP contribution in [-0.2, 0) is 0 Å². The number of rotatable bonds is 2. The molecule has 0 aliphatic heterocycles. The molecule has 0 aromatic carbocycles. The predicted molar refractivity (Wildman–Crippen MR) is 48.1 cm³/mol. The molecule has 2 aromatic heterocycles. The van der Waals surface area contributed by atoms with Gasteiger partial charge in [0.2, 0.25) is 5.88 Å². The first-order valence-corrected chi connectivity index (χ1v) is 3.70. The van der Waals surface area contributed by atoms with Gasteiger partial charge in [-0.1, -0.05) is 0 Å². The number of amides is 1. The molecule has 0 saturated heterocycles. The molecule has 6 heteroatoms. The minimum Gasteiger partial charge on any atom is -0.481 e. The molecule has 0 saturated carbocycles. The maximum Gasteiger partial charge on any atom is 0.254 e. The summed E-state index contributed by atoms with van der Waals surface area (Å²) in [5.41, 5.74) is 5.37. The lowest BCUT2D eigenvalue weighted by molar-refractivity contribution is 0.100. The van der Waals surface area contributed by atoms with Gasteiger partial charge in [0.15, 0.2) is 5.65 Å². The second-order valence-electron chi connectivity index (χ2n) is 2.56. The number of primary amides is 1. The van der Waals surface area contributed by atoms with Crippen LogP contribution in [0.5, 0.6) is 5.88 Å². The minimum absolute atomic E-state index is 0.0981. The van der Waals surface area contributed by atoms with E-state index in [1.165, 1.54) is 23.0 Å². The third-order valence-corrected chi connectivity index (χ3v) is 1.71. The Morgan fingerprint density at radius 1 is 1.79 bits per heavy atom. The second-order valence-corrected chi connectivity index (χ2v) is 2.56. The molecule has 72 valence electrons. The van der Waals surface area contributed by atoms with Crippen molar-refractivity contribution >= 4 is 11.6 Å². The van der Waals surface area contributed by atoms with Crippen LogP contribution in [0.1, 0.15) is 14.5 Å². The molecule has 0 spiro atoms. The maximum atomic E-state index is 11.0. The highest BCUT2D eigenvalue weighted by atomic mass is 16.5. The molecule has 0 unspecified atom stereocenters. The average molecular weight is 195 g/mol. The number of methoxy groups -OCH3 is 1. The van der Waals surface area contributed by atoms with Crippen molar-refractivity contribution < 1.29 is 13.6 Å². The fourth-order valence-corrected chi connectivity index (χ4v) is 1.08. The molecule has 0 atom stereocenters. The zero-order chi connectivity index (χ0) is 12.6. The van der Waals surface area contributed by atoms with E-state index in [9.17, 15) is 4.79 Å². The van der Waals surface area contributed by atoms with E-state index >= 15 is 0 Å². The van der Waals surface area contributed by atoms with Crippen LogP contribution < -0.4 is 10.5 Å². The van der Waals surface area contributed by atoms with Crippen molar-refractivity contribution in [2.24, 2.45) is 5.73 Å². The standard InChI is InChI=1S/C8H8N4O2/c1-14-6-2-3-12-8(11-6)5(4-10-12)7(9)13/h2-4H,1H3,(H2,9,13)/i1D3. The number of nitrogens with zero attached hydrogens (tertiary/aromatic N) is 3. The lowest BCUT2D eigenvalue weighted by Crippen LogP contribution is -2.11. The quantitative estimate of drug-likeness (QED) is 0.721. The molecule has 2 heterocycles. The van der Waals surface area contributed by atoms with E-state index in [0.717, 1.165) is 0 Å². The topological polar surface area (TPSA) is 82.5 Å². The van der Waals surface area contributed by atoms with Gasteiger partial charge in [-0.2, -0.15) is 10.1 Å². The van der Waals surface area contributed by atoms with Crippen molar-refractivity contribution in [2.45, 2.75) is 0 Å². The number of fused-ring (bicyclic) bond motifs is 1. The predicted octanol–water partition coefficient (Wildman–Crippen LogP) is -0.163. The highest BCUT2D eigenvalue weighted by Gasteiger charge is 2.10. The molecular weight excluding hydrogens is 184 g/mol. The molecular formula is C8H8N4O2. The second kappa shape index (κ2) is 2.99. The molecule has 0 fully saturated rings. The summed E-state index contributed by atoms with van der Waals surface area (Å²) in [4.78, 5) is 14.9. The molecule has 6 nitrogen and oxygen atoms in total. The van der Waals surface area contributed by atoms with E-state index in [-0.39, 0.29) is 17.1 Å². The molecule has 0 aliphatic rings. The largest absolute Gasteiger partial charge is 0.481 e. The SMILES string of the molecule is [2H]C([2H])([2H])Oc1ccn2ncc(C(N)=O)c2n1. The molecule has 0 radical (unpaired) electrons. The number of ether oxygens (including phenoxy) is 1. The van der Waals surface area contributed by atoms with Gasteiger partial charge < -0.3 is 10.5 Å². The van der Waals surface area contributed by atoms with Crippen LogP contribution in [0.3, 0.4) is 0 Å². The van der Waals surface area contributed by atoms with Crippen LogP contribution in [0, 0.1) is 0 Å². The van der Waals surface area contributed by atoms with Gasteiger partial charge in [0.05, 0.1) is 17.3 Å². The molecule has 14 heavy (non-hydrogen) atoms. The van der Waals surface area contributed by atoms with Gasteiger partial charge in [0.1, 0.15) is 5.56 Å². The van der Waals surface area contributed by atoms with E-state index in [2.05, 4.69) is 14.8 Å². The summed E-state index contributed by atoms with van der Waals surface area (Å²) >= 11 is 0. The zero-order valence-electron chi connectivity index (χ0n) is 9.97. The molecule has 2 rings (SSSR count). The van der Waals surface area contributed by atoms with Gasteiger partial charge >= 0.3 is 0 Å². The fourth-order valence-electron chi connectivity index (χ4n) is 1.08. The number of nitrogens with two attached hydrogens (primary N) is 1. The lowest BCUT2D eigenvalue weighted by Gasteiger charge is -1.98. The van der Waals surface area contributed by atoms with Crippen LogP contribution >= 0.6 is 0 Å². The third kappa shape index (κ3) is 1.17. The summed E-state index contributed by atoms with van der Waals surface area (Å²) in [6, 6.07) is 1.33. The van der Waals surface area contributed by atoms with Crippen molar-refractivity contribution in [3.05, 3.63) is 24.0 Å². The van der Waals surface area contributed by atoms with Gasteiger partial charge in [0.25, 0.3) is 5.91 Å². The molecule has 2 aromatic rings. The molecule has 0 bridgehead atoms. The lowest BCUT2D eigenvalue weighted by atomic mass is 10.3. The van der Waals surface area contributed by atoms with E-state index in [0.29, 0.717) is 0 Å². The summed E-state index contributed by atoms with van der Waals surface area (Å²) in [5, 5.41) is 3.83. The number of hydrogen-bond acceptors (Lipinski definition) is 4. The monoisotopic (exact) mass is 195 g/mol. The van der Waals surface area contributed by atoms with E-state index in [1.807, 2.05) is 0 Å². The van der Waals surface area contributed by atoms with Crippen LogP contribution in [0.25, 0.3) is 5.65 Å². The highest BCUT2D eigenvalue weighted by molar-refractivity contribution is 5.98. The van der Waals surface area contributed by atoms with Crippen LogP contribution in [0.15, 0.2) is 18.5 Å². The zero-order valence-corrected chi connectivity index (χ0v) is 6.97. The summed E-state index contributed by atoms with van der Waals surface area (Å²) in [5.74, 6) is -0.820. The maximum absolute atomic E-state index is 11.0. The normalized spacial score (nSPS) is 14.4. The molecule has 2 N–H and O–H groups in total. The van der Waals surface area contributed by atoms with Crippen molar-refractivity contribution in [3.63, 3.8) is 0 Å². The Balaban J connectivity index is 2.48. The Bertz CT molecular complexity index is 578. The van der Waals surface area contributed by atoms with Crippen LogP contribution in [0.4, 0.5) is 0 Å². The summed E-state index contributed by atoms with van der Waals surface area (Å²) in [6.07, 6.45) is 2.68. The van der Waals surface area contributed by atoms with Gasteiger partial charge in [-0.25, -0.2) is 4.52 Å². The van der Waals surface area contributed by atoms with Gasteiger partial charge in [-0.15, -0.1) is 0 Å². The Hall–Kier alpha value is -2.11. The summed E-state index contributed by atoms with van der Waals surface area (Å²) in [7, 11) is -2.60. The van der Waals surface area contributed by atoms with Crippen LogP contribution in [0.2, 0.25) is 0 Å². The Kier molecular flexibility index (Phi) is 1.19. The summed E-state index contributed by atoms with van der Waals surface area (Å²) in [6.45, 7) is 0. The first-order chi connectivity index (χ1) is 7.87. The van der Waals surface area contributed by atoms with E-state index < -0.39 is 12.9 Å². The van der Waals surface area contributed by atoms with E-state index in [4.69, 9.17) is 9.85 Å². The Labute approximate surface area is 83.5 Å². The number of carbonyl (C=O) groups excluding carboxylic acids is 1. The minimum atomic E-state index is -2.60. The van der Waals surface area contributed by atoms with Crippen molar-refractivity contribution in [2.75, 3.05) is 7.04 Å². The highest BCUT2D eigenvalue weighted by Crippen LogP contribution is 2.11. The number of aromatic nitrogens is 3. The van der Waals surface area contributed by atoms with E-state index in [1.54, 1.807) is 0 Å². The van der Waals surface area contributed by atoms with Gasteiger partial charge in [-0.05, 0) is 0 Å². The van der Waals surface area contributed by atoms with Gasteiger partial charge in [-0.3, -0.25) is 4.79 Å². The fraction of sp³-hybridized carbons (Fsp3) is 0.125. The smallest absolute Gasteiger partial charge is 0.254 e. The van der Waals surface area contributed by atoms with Crippen molar-refractivity contribution in [3.8, 4) is 5.88 Å². The first kappa shape index (κ1) is 5.58. The van der Waals surface area contributed by atoms with Crippen molar-refractivity contribution in [1.29, 1.82) is 0 Å². The van der Waals surface area contributed by atoms with Gasteiger partial charge in [0, 0.05) is 12.3 Å². The van der Waals surface area contributed by atoms with Crippen LogP contribution in [-0.4, -0.2) is 27.5 Å². The average Bonchev–Trinajstić information content (AvgIpc) is 2.57. The summed E-state index contributed by atoms with van der Waals surface area (Å²) < 4.78 is 26.7. The number of hydrogen-bond donors (Lipinski definition) is 1. The third-order valence-electron chi connectivity index (χ3n) is 1.71. The molecule has 0 aliphatic carbocycles. The number of carbonyl (C=O) groups is 1. The Morgan fingerprint density at radius 3 is 3.36 bits per heavy atom. The Morgan fingerprint density at radius 2 is 2.64 bits per heavy atom. The molecule has 1 amide bonds. The van der Waals surface area contributed by atoms with Crippen molar-refractivity contribution in [1.82, 2.24) is 14.6 Å². The first-order valence-electron chi connectivity index (χ1n) is 5.20.